The van der Waals surface area contributed by atoms with E-state index in [1.165, 1.54) is 0 Å². The van der Waals surface area contributed by atoms with Crippen molar-refractivity contribution in [2.24, 2.45) is 0 Å². The zero-order valence-corrected chi connectivity index (χ0v) is 9.41. The summed E-state index contributed by atoms with van der Waals surface area (Å²) in [6.07, 6.45) is 0. The van der Waals surface area contributed by atoms with E-state index in [0.717, 1.165) is 5.76 Å². The zero-order valence-electron chi connectivity index (χ0n) is 9.41. The standard InChI is InChI=1S/C11H17NO3/c1-4-12(5-6-13)11(14)10-7-8(2)15-9(10)3/h7,13H,4-6H2,1-3H3. The molecule has 15 heavy (non-hydrogen) atoms. The van der Waals surface area contributed by atoms with E-state index in [-0.39, 0.29) is 12.5 Å². The number of hydrogen-bond donors (Lipinski definition) is 1. The third-order valence-corrected chi connectivity index (χ3v) is 2.31. The molecule has 0 fully saturated rings. The van der Waals surface area contributed by atoms with Crippen molar-refractivity contribution in [3.63, 3.8) is 0 Å². The smallest absolute Gasteiger partial charge is 0.257 e. The quantitative estimate of drug-likeness (QED) is 0.818. The van der Waals surface area contributed by atoms with E-state index in [1.807, 2.05) is 13.8 Å². The van der Waals surface area contributed by atoms with Crippen LogP contribution in [0.3, 0.4) is 0 Å². The molecule has 1 heterocycles. The minimum Gasteiger partial charge on any atom is -0.466 e. The maximum atomic E-state index is 12.0. The Morgan fingerprint density at radius 2 is 2.20 bits per heavy atom. The van der Waals surface area contributed by atoms with Gasteiger partial charge in [0.25, 0.3) is 5.91 Å². The normalized spacial score (nSPS) is 10.4. The monoisotopic (exact) mass is 211 g/mol. The fourth-order valence-corrected chi connectivity index (χ4v) is 1.54. The first-order valence-electron chi connectivity index (χ1n) is 5.07. The number of hydrogen-bond acceptors (Lipinski definition) is 3. The molecule has 0 atom stereocenters. The van der Waals surface area contributed by atoms with Gasteiger partial charge in [-0.1, -0.05) is 0 Å². The van der Waals surface area contributed by atoms with Crippen LogP contribution in [-0.4, -0.2) is 35.6 Å². The summed E-state index contributed by atoms with van der Waals surface area (Å²) in [6, 6.07) is 1.73. The van der Waals surface area contributed by atoms with Crippen LogP contribution in [0, 0.1) is 13.8 Å². The Kier molecular flexibility index (Phi) is 3.91. The third kappa shape index (κ3) is 2.59. The lowest BCUT2D eigenvalue weighted by Gasteiger charge is -2.18. The van der Waals surface area contributed by atoms with Gasteiger partial charge in [-0.05, 0) is 26.8 Å². The Morgan fingerprint density at radius 1 is 1.53 bits per heavy atom. The number of aliphatic hydroxyl groups excluding tert-OH is 1. The molecule has 0 aliphatic rings. The molecule has 1 N–H and O–H groups in total. The van der Waals surface area contributed by atoms with E-state index in [4.69, 9.17) is 9.52 Å². The van der Waals surface area contributed by atoms with Gasteiger partial charge in [-0.25, -0.2) is 0 Å². The second-order valence-corrected chi connectivity index (χ2v) is 3.44. The van der Waals surface area contributed by atoms with Crippen LogP contribution < -0.4 is 0 Å². The molecule has 1 amide bonds. The van der Waals surface area contributed by atoms with E-state index in [9.17, 15) is 4.79 Å². The summed E-state index contributed by atoms with van der Waals surface area (Å²) < 4.78 is 5.30. The molecule has 0 aliphatic heterocycles. The average Bonchev–Trinajstić information content (AvgIpc) is 2.53. The molecule has 0 saturated carbocycles. The molecule has 0 bridgehead atoms. The maximum absolute atomic E-state index is 12.0. The zero-order chi connectivity index (χ0) is 11.4. The van der Waals surface area contributed by atoms with Gasteiger partial charge in [0, 0.05) is 13.1 Å². The first-order valence-corrected chi connectivity index (χ1v) is 5.07. The number of likely N-dealkylation sites (N-methyl/N-ethyl adjacent to an activating group) is 1. The van der Waals surface area contributed by atoms with Crippen LogP contribution in [0.4, 0.5) is 0 Å². The third-order valence-electron chi connectivity index (χ3n) is 2.31. The van der Waals surface area contributed by atoms with Crippen molar-refractivity contribution in [2.45, 2.75) is 20.8 Å². The molecule has 1 aromatic heterocycles. The predicted octanol–water partition coefficient (Wildman–Crippen LogP) is 1.35. The van der Waals surface area contributed by atoms with Gasteiger partial charge in [-0.3, -0.25) is 4.79 Å². The molecule has 0 aromatic carbocycles. The van der Waals surface area contributed by atoms with Crippen molar-refractivity contribution < 1.29 is 14.3 Å². The topological polar surface area (TPSA) is 53.7 Å². The van der Waals surface area contributed by atoms with Crippen LogP contribution >= 0.6 is 0 Å². The highest BCUT2D eigenvalue weighted by Gasteiger charge is 2.18. The van der Waals surface area contributed by atoms with Gasteiger partial charge in [0.2, 0.25) is 0 Å². The average molecular weight is 211 g/mol. The van der Waals surface area contributed by atoms with Crippen LogP contribution in [0.25, 0.3) is 0 Å². The summed E-state index contributed by atoms with van der Waals surface area (Å²) in [5, 5.41) is 8.82. The lowest BCUT2D eigenvalue weighted by atomic mass is 10.2. The van der Waals surface area contributed by atoms with Gasteiger partial charge < -0.3 is 14.4 Å². The fraction of sp³-hybridized carbons (Fsp3) is 0.545. The minimum atomic E-state index is -0.0825. The first-order chi connectivity index (χ1) is 7.10. The number of furan rings is 1. The Bertz CT molecular complexity index is 344. The predicted molar refractivity (Wildman–Crippen MR) is 56.8 cm³/mol. The summed E-state index contributed by atoms with van der Waals surface area (Å²) in [5.74, 6) is 1.28. The molecule has 1 rings (SSSR count). The van der Waals surface area contributed by atoms with Gasteiger partial charge in [-0.2, -0.15) is 0 Å². The van der Waals surface area contributed by atoms with Crippen molar-refractivity contribution in [1.82, 2.24) is 4.90 Å². The summed E-state index contributed by atoms with van der Waals surface area (Å²) in [6.45, 7) is 6.40. The Balaban J connectivity index is 2.87. The van der Waals surface area contributed by atoms with Crippen LogP contribution in [0.15, 0.2) is 10.5 Å². The highest BCUT2D eigenvalue weighted by atomic mass is 16.3. The van der Waals surface area contributed by atoms with E-state index in [0.29, 0.717) is 24.4 Å². The number of carbonyl (C=O) groups is 1. The van der Waals surface area contributed by atoms with E-state index < -0.39 is 0 Å². The second-order valence-electron chi connectivity index (χ2n) is 3.44. The van der Waals surface area contributed by atoms with Gasteiger partial charge in [0.15, 0.2) is 0 Å². The molecule has 4 heteroatoms. The van der Waals surface area contributed by atoms with Crippen molar-refractivity contribution in [3.8, 4) is 0 Å². The number of nitrogens with zero attached hydrogens (tertiary/aromatic N) is 1. The van der Waals surface area contributed by atoms with E-state index >= 15 is 0 Å². The van der Waals surface area contributed by atoms with Crippen molar-refractivity contribution in [3.05, 3.63) is 23.2 Å². The van der Waals surface area contributed by atoms with E-state index in [2.05, 4.69) is 0 Å². The lowest BCUT2D eigenvalue weighted by Crippen LogP contribution is -2.33. The van der Waals surface area contributed by atoms with Crippen LogP contribution in [0.2, 0.25) is 0 Å². The van der Waals surface area contributed by atoms with E-state index in [1.54, 1.807) is 17.9 Å². The molecule has 0 aliphatic carbocycles. The number of aliphatic hydroxyl groups is 1. The maximum Gasteiger partial charge on any atom is 0.257 e. The SMILES string of the molecule is CCN(CCO)C(=O)c1cc(C)oc1C. The molecule has 1 aromatic rings. The largest absolute Gasteiger partial charge is 0.466 e. The fourth-order valence-electron chi connectivity index (χ4n) is 1.54. The summed E-state index contributed by atoms with van der Waals surface area (Å²) in [4.78, 5) is 13.5. The van der Waals surface area contributed by atoms with Crippen LogP contribution in [-0.2, 0) is 0 Å². The number of carbonyl (C=O) groups excluding carboxylic acids is 1. The number of rotatable bonds is 4. The molecule has 0 unspecified atom stereocenters. The summed E-state index contributed by atoms with van der Waals surface area (Å²) in [5.41, 5.74) is 0.586. The van der Waals surface area contributed by atoms with Gasteiger partial charge in [-0.15, -0.1) is 0 Å². The van der Waals surface area contributed by atoms with Gasteiger partial charge in [0.1, 0.15) is 11.5 Å². The molecule has 0 radical (unpaired) electrons. The Morgan fingerprint density at radius 3 is 2.60 bits per heavy atom. The number of amides is 1. The lowest BCUT2D eigenvalue weighted by molar-refractivity contribution is 0.0730. The van der Waals surface area contributed by atoms with Crippen molar-refractivity contribution in [2.75, 3.05) is 19.7 Å². The highest BCUT2D eigenvalue weighted by Crippen LogP contribution is 2.15. The second kappa shape index (κ2) is 4.98. The molecule has 84 valence electrons. The van der Waals surface area contributed by atoms with Crippen molar-refractivity contribution >= 4 is 5.91 Å². The van der Waals surface area contributed by atoms with Gasteiger partial charge >= 0.3 is 0 Å². The van der Waals surface area contributed by atoms with Crippen molar-refractivity contribution in [1.29, 1.82) is 0 Å². The highest BCUT2D eigenvalue weighted by molar-refractivity contribution is 5.95. The molecular formula is C11H17NO3. The Hall–Kier alpha value is -1.29. The van der Waals surface area contributed by atoms with Crippen LogP contribution in [0.1, 0.15) is 28.8 Å². The van der Waals surface area contributed by atoms with Gasteiger partial charge in [0.05, 0.1) is 12.2 Å². The molecule has 0 spiro atoms. The van der Waals surface area contributed by atoms with Crippen LogP contribution in [0.5, 0.6) is 0 Å². The minimum absolute atomic E-state index is 0.0184. The molecule has 4 nitrogen and oxygen atoms in total. The number of aryl methyl sites for hydroxylation is 2. The summed E-state index contributed by atoms with van der Waals surface area (Å²) in [7, 11) is 0. The summed E-state index contributed by atoms with van der Waals surface area (Å²) >= 11 is 0. The Labute approximate surface area is 89.5 Å². The molecule has 0 saturated heterocycles. The first kappa shape index (κ1) is 11.8. The molecular weight excluding hydrogens is 194 g/mol.